The Labute approximate surface area is 164 Å². The molecule has 1 N–H and O–H groups in total. The molecular weight excluding hydrogens is 360 g/mol. The number of thioether (sulfide) groups is 1. The average Bonchev–Trinajstić information content (AvgIpc) is 2.66. The first-order chi connectivity index (χ1) is 13.0. The SMILES string of the molecule is COc1cccc(NC(=O)CSc2cc(N3C[C@H](C)C[C@H](C)C3)ncn2)c1. The highest BCUT2D eigenvalue weighted by atomic mass is 32.2. The van der Waals surface area contributed by atoms with Gasteiger partial charge in [-0.15, -0.1) is 0 Å². The lowest BCUT2D eigenvalue weighted by Crippen LogP contribution is -2.39. The van der Waals surface area contributed by atoms with Gasteiger partial charge >= 0.3 is 0 Å². The number of methoxy groups -OCH3 is 1. The van der Waals surface area contributed by atoms with E-state index in [1.54, 1.807) is 19.5 Å². The van der Waals surface area contributed by atoms with E-state index in [4.69, 9.17) is 4.74 Å². The monoisotopic (exact) mass is 386 g/mol. The number of nitrogens with zero attached hydrogens (tertiary/aromatic N) is 3. The molecule has 144 valence electrons. The van der Waals surface area contributed by atoms with Crippen molar-refractivity contribution >= 4 is 29.2 Å². The van der Waals surface area contributed by atoms with Gasteiger partial charge in [0, 0.05) is 30.9 Å². The van der Waals surface area contributed by atoms with Crippen molar-refractivity contribution in [2.75, 3.05) is 36.2 Å². The maximum Gasteiger partial charge on any atom is 0.234 e. The Kier molecular flexibility index (Phi) is 6.55. The van der Waals surface area contributed by atoms with Crippen LogP contribution in [0.4, 0.5) is 11.5 Å². The van der Waals surface area contributed by atoms with Gasteiger partial charge in [-0.3, -0.25) is 4.79 Å². The van der Waals surface area contributed by atoms with Crippen molar-refractivity contribution in [3.8, 4) is 5.75 Å². The molecule has 1 amide bonds. The van der Waals surface area contributed by atoms with Gasteiger partial charge in [-0.05, 0) is 30.4 Å². The first kappa shape index (κ1) is 19.5. The van der Waals surface area contributed by atoms with E-state index in [0.29, 0.717) is 23.3 Å². The summed E-state index contributed by atoms with van der Waals surface area (Å²) in [4.78, 5) is 23.3. The van der Waals surface area contributed by atoms with E-state index >= 15 is 0 Å². The molecule has 1 fully saturated rings. The molecule has 7 heteroatoms. The van der Waals surface area contributed by atoms with E-state index in [-0.39, 0.29) is 5.91 Å². The highest BCUT2D eigenvalue weighted by molar-refractivity contribution is 7.99. The van der Waals surface area contributed by atoms with Crippen molar-refractivity contribution in [1.82, 2.24) is 9.97 Å². The third-order valence-corrected chi connectivity index (χ3v) is 5.45. The number of nitrogens with one attached hydrogen (secondary N) is 1. The number of anilines is 2. The molecule has 1 aliphatic heterocycles. The van der Waals surface area contributed by atoms with E-state index in [1.165, 1.54) is 18.2 Å². The third-order valence-electron chi connectivity index (χ3n) is 4.53. The van der Waals surface area contributed by atoms with Gasteiger partial charge in [0.1, 0.15) is 22.9 Å². The number of carbonyl (C=O) groups excluding carboxylic acids is 1. The van der Waals surface area contributed by atoms with Gasteiger partial charge in [0.2, 0.25) is 5.91 Å². The quantitative estimate of drug-likeness (QED) is 0.603. The zero-order valence-corrected chi connectivity index (χ0v) is 16.8. The van der Waals surface area contributed by atoms with Crippen LogP contribution in [0.2, 0.25) is 0 Å². The highest BCUT2D eigenvalue weighted by Gasteiger charge is 2.23. The van der Waals surface area contributed by atoms with Gasteiger partial charge < -0.3 is 15.0 Å². The molecule has 2 aromatic rings. The summed E-state index contributed by atoms with van der Waals surface area (Å²) in [6, 6.07) is 9.30. The minimum absolute atomic E-state index is 0.0753. The lowest BCUT2D eigenvalue weighted by molar-refractivity contribution is -0.113. The van der Waals surface area contributed by atoms with E-state index in [2.05, 4.69) is 34.0 Å². The molecule has 0 aliphatic carbocycles. The Morgan fingerprint density at radius 2 is 2.04 bits per heavy atom. The second-order valence-corrected chi connectivity index (χ2v) is 8.13. The number of benzene rings is 1. The second kappa shape index (κ2) is 9.08. The summed E-state index contributed by atoms with van der Waals surface area (Å²) < 4.78 is 5.17. The Bertz CT molecular complexity index is 776. The van der Waals surface area contributed by atoms with Crippen molar-refractivity contribution in [1.29, 1.82) is 0 Å². The lowest BCUT2D eigenvalue weighted by atomic mass is 9.92. The standard InChI is InChI=1S/C20H26N4O2S/c1-14-7-15(2)11-24(10-14)18-9-20(22-13-21-18)27-12-19(25)23-16-5-4-6-17(8-16)26-3/h4-6,8-9,13-15H,7,10-12H2,1-3H3,(H,23,25)/t14-,15+. The van der Waals surface area contributed by atoms with Crippen LogP contribution in [0, 0.1) is 11.8 Å². The zero-order valence-electron chi connectivity index (χ0n) is 16.0. The van der Waals surface area contributed by atoms with E-state index in [1.807, 2.05) is 24.3 Å². The van der Waals surface area contributed by atoms with Gasteiger partial charge in [0.05, 0.1) is 12.9 Å². The molecule has 27 heavy (non-hydrogen) atoms. The van der Waals surface area contributed by atoms with Crippen LogP contribution < -0.4 is 15.0 Å². The molecule has 0 bridgehead atoms. The smallest absolute Gasteiger partial charge is 0.234 e. The first-order valence-electron chi connectivity index (χ1n) is 9.17. The van der Waals surface area contributed by atoms with Crippen LogP contribution in [0.1, 0.15) is 20.3 Å². The molecule has 3 rings (SSSR count). The maximum absolute atomic E-state index is 12.2. The minimum atomic E-state index is -0.0753. The molecule has 1 saturated heterocycles. The normalized spacial score (nSPS) is 19.6. The number of piperidine rings is 1. The fourth-order valence-corrected chi connectivity index (χ4v) is 4.13. The molecular formula is C20H26N4O2S. The number of hydrogen-bond donors (Lipinski definition) is 1. The van der Waals surface area contributed by atoms with Crippen LogP contribution in [-0.4, -0.2) is 41.8 Å². The molecule has 6 nitrogen and oxygen atoms in total. The van der Waals surface area contributed by atoms with E-state index in [0.717, 1.165) is 29.6 Å². The van der Waals surface area contributed by atoms with Crippen LogP contribution in [0.25, 0.3) is 0 Å². The van der Waals surface area contributed by atoms with Gasteiger partial charge in [-0.25, -0.2) is 9.97 Å². The largest absolute Gasteiger partial charge is 0.497 e. The number of hydrogen-bond acceptors (Lipinski definition) is 6. The molecule has 1 aromatic heterocycles. The van der Waals surface area contributed by atoms with Crippen LogP contribution in [0.3, 0.4) is 0 Å². The summed E-state index contributed by atoms with van der Waals surface area (Å²) in [5, 5.41) is 3.69. The van der Waals surface area contributed by atoms with Crippen molar-refractivity contribution in [3.63, 3.8) is 0 Å². The van der Waals surface area contributed by atoms with Crippen LogP contribution in [-0.2, 0) is 4.79 Å². The number of amides is 1. The summed E-state index contributed by atoms with van der Waals surface area (Å²) in [7, 11) is 1.60. The predicted molar refractivity (Wildman–Crippen MR) is 110 cm³/mol. The maximum atomic E-state index is 12.2. The third kappa shape index (κ3) is 5.60. The number of aromatic nitrogens is 2. The van der Waals surface area contributed by atoms with Crippen LogP contribution in [0.15, 0.2) is 41.7 Å². The molecule has 2 heterocycles. The minimum Gasteiger partial charge on any atom is -0.497 e. The molecule has 0 spiro atoms. The van der Waals surface area contributed by atoms with Crippen molar-refractivity contribution in [3.05, 3.63) is 36.7 Å². The number of carbonyl (C=O) groups is 1. The molecule has 0 saturated carbocycles. The van der Waals surface area contributed by atoms with Crippen LogP contribution >= 0.6 is 11.8 Å². The Morgan fingerprint density at radius 1 is 1.26 bits per heavy atom. The zero-order chi connectivity index (χ0) is 19.2. The van der Waals surface area contributed by atoms with Gasteiger partial charge in [-0.2, -0.15) is 0 Å². The summed E-state index contributed by atoms with van der Waals surface area (Å²) in [6.07, 6.45) is 2.84. The van der Waals surface area contributed by atoms with Crippen molar-refractivity contribution in [2.45, 2.75) is 25.3 Å². The Hall–Kier alpha value is -2.28. The van der Waals surface area contributed by atoms with Crippen molar-refractivity contribution < 1.29 is 9.53 Å². The predicted octanol–water partition coefficient (Wildman–Crippen LogP) is 3.70. The summed E-state index contributed by atoms with van der Waals surface area (Å²) >= 11 is 1.42. The van der Waals surface area contributed by atoms with Gasteiger partial charge in [-0.1, -0.05) is 31.7 Å². The molecule has 0 radical (unpaired) electrons. The molecule has 1 aliphatic rings. The van der Waals surface area contributed by atoms with Gasteiger partial charge in [0.25, 0.3) is 0 Å². The fourth-order valence-electron chi connectivity index (χ4n) is 3.47. The molecule has 0 unspecified atom stereocenters. The fraction of sp³-hybridized carbons (Fsp3) is 0.450. The topological polar surface area (TPSA) is 67.3 Å². The molecule has 2 atom stereocenters. The average molecular weight is 387 g/mol. The first-order valence-corrected chi connectivity index (χ1v) is 10.2. The molecule has 1 aromatic carbocycles. The van der Waals surface area contributed by atoms with Crippen molar-refractivity contribution in [2.24, 2.45) is 11.8 Å². The Balaban J connectivity index is 1.57. The number of rotatable bonds is 6. The van der Waals surface area contributed by atoms with Gasteiger partial charge in [0.15, 0.2) is 0 Å². The van der Waals surface area contributed by atoms with E-state index in [9.17, 15) is 4.79 Å². The summed E-state index contributed by atoms with van der Waals surface area (Å²) in [5.74, 6) is 3.20. The number of ether oxygens (including phenoxy) is 1. The Morgan fingerprint density at radius 3 is 2.78 bits per heavy atom. The summed E-state index contributed by atoms with van der Waals surface area (Å²) in [6.45, 7) is 6.59. The highest BCUT2D eigenvalue weighted by Crippen LogP contribution is 2.27. The summed E-state index contributed by atoms with van der Waals surface area (Å²) in [5.41, 5.74) is 0.722. The second-order valence-electron chi connectivity index (χ2n) is 7.13. The van der Waals surface area contributed by atoms with Crippen LogP contribution in [0.5, 0.6) is 5.75 Å². The lowest BCUT2D eigenvalue weighted by Gasteiger charge is -2.35. The van der Waals surface area contributed by atoms with E-state index < -0.39 is 0 Å².